The highest BCUT2D eigenvalue weighted by Gasteiger charge is 2.29. The van der Waals surface area contributed by atoms with E-state index in [1.54, 1.807) is 13.1 Å². The van der Waals surface area contributed by atoms with Gasteiger partial charge in [0.25, 0.3) is 5.56 Å². The number of amides is 1. The number of aromatic nitrogens is 2. The third-order valence-corrected chi connectivity index (χ3v) is 8.16. The Morgan fingerprint density at radius 1 is 1.43 bits per heavy atom. The summed E-state index contributed by atoms with van der Waals surface area (Å²) in [5, 5.41) is 6.32. The summed E-state index contributed by atoms with van der Waals surface area (Å²) in [6.07, 6.45) is 2.73. The van der Waals surface area contributed by atoms with Crippen LogP contribution >= 0.6 is 34.4 Å². The minimum atomic E-state index is -0.419. The van der Waals surface area contributed by atoms with E-state index in [0.717, 1.165) is 29.7 Å². The number of hydrogen-bond acceptors (Lipinski definition) is 8. The SMILES string of the molecule is COC(=O)c1c(NC(=O)CSc2nc3sccc3c(=O)n2C)sc2c1CCC(C)C2. The second kappa shape index (κ2) is 8.52. The summed E-state index contributed by atoms with van der Waals surface area (Å²) in [6.45, 7) is 2.19. The van der Waals surface area contributed by atoms with E-state index in [1.165, 1.54) is 46.1 Å². The van der Waals surface area contributed by atoms with E-state index in [4.69, 9.17) is 4.74 Å². The van der Waals surface area contributed by atoms with E-state index in [0.29, 0.717) is 31.9 Å². The van der Waals surface area contributed by atoms with Crippen molar-refractivity contribution in [1.29, 1.82) is 0 Å². The van der Waals surface area contributed by atoms with E-state index >= 15 is 0 Å². The van der Waals surface area contributed by atoms with Gasteiger partial charge >= 0.3 is 5.97 Å². The van der Waals surface area contributed by atoms with Crippen LogP contribution in [0.5, 0.6) is 0 Å². The minimum Gasteiger partial charge on any atom is -0.465 e. The van der Waals surface area contributed by atoms with E-state index in [-0.39, 0.29) is 17.2 Å². The molecule has 158 valence electrons. The average Bonchev–Trinajstić information content (AvgIpc) is 3.32. The molecule has 1 aliphatic rings. The molecule has 4 rings (SSSR count). The van der Waals surface area contributed by atoms with Gasteiger partial charge in [-0.15, -0.1) is 22.7 Å². The van der Waals surface area contributed by atoms with Gasteiger partial charge in [0.1, 0.15) is 9.83 Å². The highest BCUT2D eigenvalue weighted by molar-refractivity contribution is 7.99. The predicted octanol–water partition coefficient (Wildman–Crippen LogP) is 3.70. The van der Waals surface area contributed by atoms with E-state index < -0.39 is 5.97 Å². The molecule has 1 N–H and O–H groups in total. The number of methoxy groups -OCH3 is 1. The molecule has 0 aliphatic heterocycles. The van der Waals surface area contributed by atoms with Crippen molar-refractivity contribution in [3.63, 3.8) is 0 Å². The van der Waals surface area contributed by atoms with Crippen molar-refractivity contribution in [1.82, 2.24) is 9.55 Å². The zero-order valence-corrected chi connectivity index (χ0v) is 19.3. The molecular formula is C20H21N3O4S3. The quantitative estimate of drug-likeness (QED) is 0.353. The molecule has 1 atom stereocenters. The van der Waals surface area contributed by atoms with Crippen LogP contribution in [0.2, 0.25) is 0 Å². The molecule has 7 nitrogen and oxygen atoms in total. The van der Waals surface area contributed by atoms with Crippen molar-refractivity contribution >= 4 is 61.5 Å². The van der Waals surface area contributed by atoms with Crippen LogP contribution in [0, 0.1) is 5.92 Å². The monoisotopic (exact) mass is 463 g/mol. The van der Waals surface area contributed by atoms with Crippen molar-refractivity contribution in [2.24, 2.45) is 13.0 Å². The zero-order chi connectivity index (χ0) is 21.4. The number of carbonyl (C=O) groups excluding carboxylic acids is 2. The second-order valence-electron chi connectivity index (χ2n) is 7.28. The lowest BCUT2D eigenvalue weighted by molar-refractivity contribution is -0.113. The number of rotatable bonds is 5. The van der Waals surface area contributed by atoms with E-state index in [2.05, 4.69) is 17.2 Å². The average molecular weight is 464 g/mol. The van der Waals surface area contributed by atoms with Gasteiger partial charge in [0.2, 0.25) is 5.91 Å². The normalized spacial score (nSPS) is 15.8. The van der Waals surface area contributed by atoms with Crippen LogP contribution in [0.25, 0.3) is 10.2 Å². The molecule has 30 heavy (non-hydrogen) atoms. The number of carbonyl (C=O) groups is 2. The molecule has 0 saturated heterocycles. The van der Waals surface area contributed by atoms with Gasteiger partial charge in [0.15, 0.2) is 5.16 Å². The fraction of sp³-hybridized carbons (Fsp3) is 0.400. The van der Waals surface area contributed by atoms with E-state index in [1.807, 2.05) is 5.38 Å². The molecule has 0 fully saturated rings. The van der Waals surface area contributed by atoms with Gasteiger partial charge in [-0.25, -0.2) is 9.78 Å². The van der Waals surface area contributed by atoms with Gasteiger partial charge in [-0.05, 0) is 42.2 Å². The van der Waals surface area contributed by atoms with Crippen molar-refractivity contribution < 1.29 is 14.3 Å². The Kier molecular flexibility index (Phi) is 5.99. The zero-order valence-electron chi connectivity index (χ0n) is 16.8. The third-order valence-electron chi connectivity index (χ3n) is 5.15. The summed E-state index contributed by atoms with van der Waals surface area (Å²) >= 11 is 4.05. The highest BCUT2D eigenvalue weighted by Crippen LogP contribution is 2.40. The predicted molar refractivity (Wildman–Crippen MR) is 121 cm³/mol. The first kappa shape index (κ1) is 21.1. The van der Waals surface area contributed by atoms with Crippen LogP contribution in [-0.4, -0.2) is 34.3 Å². The molecule has 3 aromatic heterocycles. The molecule has 0 saturated carbocycles. The van der Waals surface area contributed by atoms with Gasteiger partial charge in [-0.1, -0.05) is 18.7 Å². The fourth-order valence-corrected chi connectivity index (χ4v) is 6.55. The Morgan fingerprint density at radius 3 is 3.00 bits per heavy atom. The molecule has 1 unspecified atom stereocenters. The second-order valence-corrected chi connectivity index (χ2v) is 10.2. The summed E-state index contributed by atoms with van der Waals surface area (Å²) in [7, 11) is 3.00. The fourth-order valence-electron chi connectivity index (χ4n) is 3.56. The molecule has 3 aromatic rings. The van der Waals surface area contributed by atoms with Crippen LogP contribution in [-0.2, 0) is 29.4 Å². The van der Waals surface area contributed by atoms with Crippen LogP contribution in [0.4, 0.5) is 5.00 Å². The maximum absolute atomic E-state index is 12.6. The Morgan fingerprint density at radius 2 is 2.23 bits per heavy atom. The number of ether oxygens (including phenoxy) is 1. The van der Waals surface area contributed by atoms with Crippen LogP contribution in [0.1, 0.15) is 34.1 Å². The molecule has 10 heteroatoms. The van der Waals surface area contributed by atoms with Crippen LogP contribution in [0.3, 0.4) is 0 Å². The van der Waals surface area contributed by atoms with Crippen molar-refractivity contribution in [2.45, 2.75) is 31.3 Å². The Balaban J connectivity index is 1.53. The Hall–Kier alpha value is -2.17. The third kappa shape index (κ3) is 3.91. The van der Waals surface area contributed by atoms with Crippen LogP contribution < -0.4 is 10.9 Å². The van der Waals surface area contributed by atoms with Crippen molar-refractivity contribution in [3.8, 4) is 0 Å². The first-order valence-electron chi connectivity index (χ1n) is 9.48. The topological polar surface area (TPSA) is 90.3 Å². The lowest BCUT2D eigenvalue weighted by atomic mass is 9.88. The van der Waals surface area contributed by atoms with Crippen molar-refractivity contribution in [2.75, 3.05) is 18.2 Å². The summed E-state index contributed by atoms with van der Waals surface area (Å²) in [4.78, 5) is 43.7. The molecule has 3 heterocycles. The molecule has 0 bridgehead atoms. The van der Waals surface area contributed by atoms with Gasteiger partial charge in [-0.3, -0.25) is 14.2 Å². The molecule has 0 aromatic carbocycles. The lowest BCUT2D eigenvalue weighted by Crippen LogP contribution is -2.21. The number of nitrogens with one attached hydrogen (secondary N) is 1. The molecule has 1 amide bonds. The molecule has 0 spiro atoms. The number of nitrogens with zero attached hydrogens (tertiary/aromatic N) is 2. The number of anilines is 1. The van der Waals surface area contributed by atoms with Gasteiger partial charge in [0.05, 0.1) is 23.8 Å². The number of fused-ring (bicyclic) bond motifs is 2. The Bertz CT molecular complexity index is 1190. The van der Waals surface area contributed by atoms with Gasteiger partial charge in [-0.2, -0.15) is 0 Å². The minimum absolute atomic E-state index is 0.0801. The Labute approximate surface area is 185 Å². The number of thioether (sulfide) groups is 1. The highest BCUT2D eigenvalue weighted by atomic mass is 32.2. The summed E-state index contributed by atoms with van der Waals surface area (Å²) in [6, 6.07) is 1.75. The summed E-state index contributed by atoms with van der Waals surface area (Å²) in [5.41, 5.74) is 1.35. The standard InChI is InChI=1S/C20H21N3O4S3/c1-10-4-5-11-13(8-10)30-17(15(11)19(26)27-3)21-14(24)9-29-20-22-16-12(6-7-28-16)18(25)23(20)2/h6-7,10H,4-5,8-9H2,1-3H3,(H,21,24). The summed E-state index contributed by atoms with van der Waals surface area (Å²) < 4.78 is 6.42. The lowest BCUT2D eigenvalue weighted by Gasteiger charge is -2.18. The van der Waals surface area contributed by atoms with E-state index in [9.17, 15) is 14.4 Å². The maximum Gasteiger partial charge on any atom is 0.341 e. The number of thiophene rings is 2. The first-order valence-corrected chi connectivity index (χ1v) is 12.2. The largest absolute Gasteiger partial charge is 0.465 e. The van der Waals surface area contributed by atoms with Crippen molar-refractivity contribution in [3.05, 3.63) is 37.8 Å². The smallest absolute Gasteiger partial charge is 0.341 e. The first-order chi connectivity index (χ1) is 14.4. The molecule has 0 radical (unpaired) electrons. The molecule has 1 aliphatic carbocycles. The maximum atomic E-state index is 12.6. The van der Waals surface area contributed by atoms with Gasteiger partial charge < -0.3 is 10.1 Å². The molecular weight excluding hydrogens is 442 g/mol. The van der Waals surface area contributed by atoms with Gasteiger partial charge in [0, 0.05) is 11.9 Å². The summed E-state index contributed by atoms with van der Waals surface area (Å²) in [5.74, 6) is -0.0358. The number of hydrogen-bond donors (Lipinski definition) is 1. The van der Waals surface area contributed by atoms with Crippen LogP contribution in [0.15, 0.2) is 21.4 Å². The number of esters is 1.